The van der Waals surface area contributed by atoms with E-state index >= 15 is 0 Å². The van der Waals surface area contributed by atoms with Crippen molar-refractivity contribution in [3.8, 4) is 11.7 Å². The molecule has 178 valence electrons. The van der Waals surface area contributed by atoms with Gasteiger partial charge in [0.1, 0.15) is 5.75 Å². The Morgan fingerprint density at radius 1 is 0.914 bits per heavy atom. The third kappa shape index (κ3) is 5.97. The zero-order valence-corrected chi connectivity index (χ0v) is 19.0. The molecule has 0 aliphatic rings. The Kier molecular flexibility index (Phi) is 6.98. The minimum absolute atomic E-state index is 0.0689. The number of rotatable bonds is 9. The van der Waals surface area contributed by atoms with Crippen LogP contribution in [-0.4, -0.2) is 46.9 Å². The van der Waals surface area contributed by atoms with Crippen molar-refractivity contribution in [3.05, 3.63) is 78.6 Å². The Balaban J connectivity index is 1.66. The first-order valence-corrected chi connectivity index (χ1v) is 10.6. The zero-order chi connectivity index (χ0) is 24.8. The van der Waals surface area contributed by atoms with E-state index in [2.05, 4.69) is 25.6 Å². The first-order chi connectivity index (χ1) is 16.9. The molecule has 0 fully saturated rings. The molecule has 35 heavy (non-hydrogen) atoms. The molecule has 0 aliphatic heterocycles. The van der Waals surface area contributed by atoms with Crippen LogP contribution in [0.1, 0.15) is 10.4 Å². The third-order valence-corrected chi connectivity index (χ3v) is 4.90. The number of hydrogen-bond acceptors (Lipinski definition) is 10. The summed E-state index contributed by atoms with van der Waals surface area (Å²) in [7, 11) is 3.91. The summed E-state index contributed by atoms with van der Waals surface area (Å²) in [5.41, 5.74) is 2.38. The lowest BCUT2D eigenvalue weighted by molar-refractivity contribution is -0.603. The molecule has 0 amide bonds. The van der Waals surface area contributed by atoms with Crippen molar-refractivity contribution >= 4 is 34.9 Å². The number of hydrogen-bond donors (Lipinski definition) is 3. The maximum absolute atomic E-state index is 11.0. The number of carboxylic acids is 1. The topological polar surface area (TPSA) is 139 Å². The fourth-order valence-electron chi connectivity index (χ4n) is 3.10. The summed E-state index contributed by atoms with van der Waals surface area (Å²) in [6.45, 7) is -0.410. The summed E-state index contributed by atoms with van der Waals surface area (Å²) >= 11 is 0. The molecule has 0 saturated carbocycles. The summed E-state index contributed by atoms with van der Waals surface area (Å²) in [6.07, 6.45) is 3.68. The number of aromatic carboxylic acids is 1. The third-order valence-electron chi connectivity index (χ3n) is 4.90. The van der Waals surface area contributed by atoms with Crippen LogP contribution >= 0.6 is 0 Å². The van der Waals surface area contributed by atoms with Gasteiger partial charge in [0.15, 0.2) is 6.79 Å². The van der Waals surface area contributed by atoms with Crippen LogP contribution in [0.3, 0.4) is 0 Å². The molecule has 2 aromatic carbocycles. The van der Waals surface area contributed by atoms with Crippen molar-refractivity contribution in [2.75, 3.05) is 36.4 Å². The highest BCUT2D eigenvalue weighted by atomic mass is 16.6. The standard InChI is InChI=1S/C24H23N7O4/c1-30(2)19-11-13-31(14-12-19)24-28-22(25-17-5-3-16(4-6-17)21(33)34)27-23(29-24)26-18-7-9-20(10-8-18)35-15-32/h3-14,32H,15H2,1-2H3,(H2-,25,26,27,28,29,33,34). The molecule has 0 radical (unpaired) electrons. The van der Waals surface area contributed by atoms with Crippen molar-refractivity contribution < 1.29 is 24.3 Å². The number of ether oxygens (including phenoxy) is 1. The molecule has 0 unspecified atom stereocenters. The van der Waals surface area contributed by atoms with Gasteiger partial charge in [-0.3, -0.25) is 0 Å². The second kappa shape index (κ2) is 10.4. The van der Waals surface area contributed by atoms with Gasteiger partial charge in [-0.2, -0.15) is 0 Å². The van der Waals surface area contributed by atoms with E-state index in [1.807, 2.05) is 43.5 Å². The fourth-order valence-corrected chi connectivity index (χ4v) is 3.10. The van der Waals surface area contributed by atoms with Gasteiger partial charge in [-0.1, -0.05) is 12.1 Å². The first kappa shape index (κ1) is 23.4. The number of benzene rings is 2. The maximum atomic E-state index is 11.0. The SMILES string of the molecule is CN(C)c1cc[n+](-c2nc(Nc3ccc(OCO)cc3)nc(Nc3ccc(C(=O)[O-])cc3)n2)cc1. The average molecular weight is 473 g/mol. The van der Waals surface area contributed by atoms with Gasteiger partial charge < -0.3 is 35.3 Å². The molecule has 0 bridgehead atoms. The van der Waals surface area contributed by atoms with Gasteiger partial charge in [0.25, 0.3) is 0 Å². The predicted octanol–water partition coefficient (Wildman–Crippen LogP) is 1.39. The molecule has 4 aromatic rings. The number of anilines is 5. The predicted molar refractivity (Wildman–Crippen MR) is 127 cm³/mol. The molecule has 0 aliphatic carbocycles. The summed E-state index contributed by atoms with van der Waals surface area (Å²) in [6, 6.07) is 16.9. The highest BCUT2D eigenvalue weighted by Gasteiger charge is 2.18. The largest absolute Gasteiger partial charge is 0.545 e. The van der Waals surface area contributed by atoms with Crippen LogP contribution in [0.2, 0.25) is 0 Å². The van der Waals surface area contributed by atoms with E-state index in [1.165, 1.54) is 12.1 Å². The summed E-state index contributed by atoms with van der Waals surface area (Å²) in [5, 5.41) is 26.1. The van der Waals surface area contributed by atoms with Crippen LogP contribution in [0.25, 0.3) is 5.95 Å². The fraction of sp³-hybridized carbons (Fsp3) is 0.125. The van der Waals surface area contributed by atoms with Gasteiger partial charge in [-0.25, -0.2) is 4.57 Å². The van der Waals surface area contributed by atoms with Gasteiger partial charge in [0.05, 0.1) is 18.4 Å². The molecule has 0 spiro atoms. The molecular formula is C24H23N7O4. The van der Waals surface area contributed by atoms with Crippen molar-refractivity contribution in [2.45, 2.75) is 0 Å². The molecule has 0 atom stereocenters. The number of carbonyl (C=O) groups is 1. The van der Waals surface area contributed by atoms with Crippen LogP contribution in [0.15, 0.2) is 73.1 Å². The molecule has 0 saturated heterocycles. The van der Waals surface area contributed by atoms with E-state index in [1.54, 1.807) is 41.0 Å². The van der Waals surface area contributed by atoms with Crippen LogP contribution in [0, 0.1) is 0 Å². The lowest BCUT2D eigenvalue weighted by Crippen LogP contribution is -2.33. The Morgan fingerprint density at radius 2 is 1.46 bits per heavy atom. The van der Waals surface area contributed by atoms with Crippen LogP contribution in [-0.2, 0) is 0 Å². The lowest BCUT2D eigenvalue weighted by atomic mass is 10.2. The quantitative estimate of drug-likeness (QED) is 0.241. The van der Waals surface area contributed by atoms with Gasteiger partial charge in [0, 0.05) is 31.2 Å². The zero-order valence-electron chi connectivity index (χ0n) is 19.0. The lowest BCUT2D eigenvalue weighted by Gasteiger charge is -2.11. The number of nitrogens with one attached hydrogen (secondary N) is 2. The summed E-state index contributed by atoms with van der Waals surface area (Å²) < 4.78 is 6.80. The second-order valence-corrected chi connectivity index (χ2v) is 7.55. The minimum Gasteiger partial charge on any atom is -0.545 e. The van der Waals surface area contributed by atoms with Crippen LogP contribution < -0.4 is 29.9 Å². The molecular weight excluding hydrogens is 450 g/mol. The van der Waals surface area contributed by atoms with E-state index in [-0.39, 0.29) is 17.5 Å². The highest BCUT2D eigenvalue weighted by Crippen LogP contribution is 2.20. The number of carboxylic acid groups (broad SMARTS) is 1. The summed E-state index contributed by atoms with van der Waals surface area (Å²) in [5.74, 6) is 0.167. The van der Waals surface area contributed by atoms with E-state index in [4.69, 9.17) is 9.84 Å². The number of aliphatic hydroxyl groups excluding tert-OH is 1. The Bertz CT molecular complexity index is 1300. The van der Waals surface area contributed by atoms with Gasteiger partial charge in [-0.15, -0.1) is 4.98 Å². The minimum atomic E-state index is -1.25. The van der Waals surface area contributed by atoms with E-state index in [0.29, 0.717) is 23.1 Å². The number of aliphatic hydroxyl groups is 1. The van der Waals surface area contributed by atoms with Gasteiger partial charge >= 0.3 is 17.8 Å². The number of carbonyl (C=O) groups excluding carboxylic acids is 1. The summed E-state index contributed by atoms with van der Waals surface area (Å²) in [4.78, 5) is 26.5. The van der Waals surface area contributed by atoms with Crippen LogP contribution in [0.5, 0.6) is 5.75 Å². The van der Waals surface area contributed by atoms with E-state index in [0.717, 1.165) is 5.69 Å². The molecule has 4 rings (SSSR count). The average Bonchev–Trinajstić information content (AvgIpc) is 2.86. The Labute approximate surface area is 201 Å². The first-order valence-electron chi connectivity index (χ1n) is 10.6. The van der Waals surface area contributed by atoms with Crippen molar-refractivity contribution in [1.29, 1.82) is 0 Å². The second-order valence-electron chi connectivity index (χ2n) is 7.55. The Hall–Kier alpha value is -4.77. The molecule has 2 aromatic heterocycles. The smallest absolute Gasteiger partial charge is 0.444 e. The van der Waals surface area contributed by atoms with Crippen LogP contribution in [0.4, 0.5) is 29.0 Å². The van der Waals surface area contributed by atoms with E-state index in [9.17, 15) is 9.90 Å². The van der Waals surface area contributed by atoms with Gasteiger partial charge in [0.2, 0.25) is 0 Å². The van der Waals surface area contributed by atoms with Crippen molar-refractivity contribution in [2.24, 2.45) is 0 Å². The highest BCUT2D eigenvalue weighted by molar-refractivity contribution is 5.86. The van der Waals surface area contributed by atoms with Crippen molar-refractivity contribution in [1.82, 2.24) is 15.0 Å². The number of pyridine rings is 1. The maximum Gasteiger partial charge on any atom is 0.444 e. The molecule has 11 heteroatoms. The Morgan fingerprint density at radius 3 is 1.94 bits per heavy atom. The molecule has 3 N–H and O–H groups in total. The monoisotopic (exact) mass is 473 g/mol. The van der Waals surface area contributed by atoms with Gasteiger partial charge in [-0.05, 0) is 64.1 Å². The number of nitrogens with zero attached hydrogens (tertiary/aromatic N) is 5. The molecule has 2 heterocycles. The van der Waals surface area contributed by atoms with E-state index < -0.39 is 12.8 Å². The molecule has 11 nitrogen and oxygen atoms in total. The number of aromatic nitrogens is 4. The van der Waals surface area contributed by atoms with Crippen molar-refractivity contribution in [3.63, 3.8) is 0 Å². The normalized spacial score (nSPS) is 10.5.